The monoisotopic (exact) mass is 303 g/mol. The molecule has 0 heterocycles. The number of ether oxygens (including phenoxy) is 1. The molecule has 2 rings (SSSR count). The molecule has 2 aromatic carbocycles. The lowest BCUT2D eigenvalue weighted by atomic mass is 10.1. The first-order chi connectivity index (χ1) is 10.2. The summed E-state index contributed by atoms with van der Waals surface area (Å²) in [6.07, 6.45) is 2.99. The van der Waals surface area contributed by atoms with E-state index in [1.54, 1.807) is 12.1 Å². The van der Waals surface area contributed by atoms with Gasteiger partial charge < -0.3 is 10.5 Å². The topological polar surface area (TPSA) is 35.2 Å². The van der Waals surface area contributed by atoms with E-state index in [0.29, 0.717) is 12.4 Å². The van der Waals surface area contributed by atoms with Crippen LogP contribution in [0.3, 0.4) is 0 Å². The molecule has 0 radical (unpaired) electrons. The van der Waals surface area contributed by atoms with Crippen molar-refractivity contribution in [3.8, 4) is 5.75 Å². The summed E-state index contributed by atoms with van der Waals surface area (Å²) in [6, 6.07) is 14.9. The quantitative estimate of drug-likeness (QED) is 0.623. The molecule has 21 heavy (non-hydrogen) atoms. The van der Waals surface area contributed by atoms with Gasteiger partial charge in [-0.25, -0.2) is 4.39 Å². The van der Waals surface area contributed by atoms with E-state index in [2.05, 4.69) is 12.1 Å². The van der Waals surface area contributed by atoms with Crippen molar-refractivity contribution >= 4 is 17.2 Å². The first-order valence-corrected chi connectivity index (χ1v) is 7.34. The Kier molecular flexibility index (Phi) is 5.69. The van der Waals surface area contributed by atoms with Crippen molar-refractivity contribution in [2.45, 2.75) is 19.3 Å². The minimum absolute atomic E-state index is 0.0573. The van der Waals surface area contributed by atoms with Gasteiger partial charge in [0.25, 0.3) is 0 Å². The Bertz CT molecular complexity index is 601. The van der Waals surface area contributed by atoms with E-state index < -0.39 is 5.82 Å². The van der Waals surface area contributed by atoms with Gasteiger partial charge in [0.15, 0.2) is 0 Å². The number of rotatable bonds is 7. The van der Waals surface area contributed by atoms with Gasteiger partial charge in [0.2, 0.25) is 0 Å². The van der Waals surface area contributed by atoms with E-state index in [1.807, 2.05) is 18.2 Å². The van der Waals surface area contributed by atoms with Gasteiger partial charge in [0.1, 0.15) is 16.6 Å². The maximum absolute atomic E-state index is 13.7. The molecule has 2 aromatic rings. The highest BCUT2D eigenvalue weighted by Crippen LogP contribution is 2.17. The third kappa shape index (κ3) is 4.83. The number of thiocarbonyl (C=S) groups is 1. The van der Waals surface area contributed by atoms with E-state index >= 15 is 0 Å². The van der Waals surface area contributed by atoms with E-state index in [0.717, 1.165) is 19.3 Å². The Morgan fingerprint density at radius 3 is 2.52 bits per heavy atom. The third-order valence-electron chi connectivity index (χ3n) is 3.18. The molecule has 0 fully saturated rings. The minimum atomic E-state index is -0.440. The van der Waals surface area contributed by atoms with Crippen LogP contribution in [0.25, 0.3) is 0 Å². The van der Waals surface area contributed by atoms with Crippen LogP contribution in [0.1, 0.15) is 24.0 Å². The smallest absolute Gasteiger partial charge is 0.137 e. The Morgan fingerprint density at radius 2 is 1.86 bits per heavy atom. The van der Waals surface area contributed by atoms with Crippen LogP contribution in [0, 0.1) is 5.82 Å². The van der Waals surface area contributed by atoms with Crippen molar-refractivity contribution in [1.29, 1.82) is 0 Å². The maximum atomic E-state index is 13.7. The highest BCUT2D eigenvalue weighted by Gasteiger charge is 2.06. The number of aryl methyl sites for hydroxylation is 1. The van der Waals surface area contributed by atoms with Crippen LogP contribution in [0.4, 0.5) is 4.39 Å². The molecule has 110 valence electrons. The van der Waals surface area contributed by atoms with Crippen molar-refractivity contribution < 1.29 is 9.13 Å². The Hall–Kier alpha value is -1.94. The summed E-state index contributed by atoms with van der Waals surface area (Å²) in [4.78, 5) is 0.0573. The van der Waals surface area contributed by atoms with Crippen LogP contribution in [0.15, 0.2) is 48.5 Å². The highest BCUT2D eigenvalue weighted by molar-refractivity contribution is 7.80. The summed E-state index contributed by atoms with van der Waals surface area (Å²) in [5.74, 6) is 0.0662. The molecule has 0 aliphatic heterocycles. The highest BCUT2D eigenvalue weighted by atomic mass is 32.1. The SMILES string of the molecule is NC(=S)c1ccc(OCCCCc2ccccc2)cc1F. The van der Waals surface area contributed by atoms with Crippen LogP contribution in [-0.2, 0) is 6.42 Å². The van der Waals surface area contributed by atoms with Gasteiger partial charge in [-0.3, -0.25) is 0 Å². The van der Waals surface area contributed by atoms with E-state index in [4.69, 9.17) is 22.7 Å². The number of unbranched alkanes of at least 4 members (excludes halogenated alkanes) is 1. The molecule has 2 nitrogen and oxygen atoms in total. The molecule has 0 aliphatic rings. The molecule has 0 aromatic heterocycles. The zero-order chi connectivity index (χ0) is 15.1. The summed E-state index contributed by atoms with van der Waals surface area (Å²) in [5.41, 5.74) is 6.99. The van der Waals surface area contributed by atoms with Crippen LogP contribution in [-0.4, -0.2) is 11.6 Å². The fourth-order valence-corrected chi connectivity index (χ4v) is 2.22. The van der Waals surface area contributed by atoms with Gasteiger partial charge in [-0.2, -0.15) is 0 Å². The van der Waals surface area contributed by atoms with Crippen LogP contribution < -0.4 is 10.5 Å². The molecule has 0 saturated heterocycles. The maximum Gasteiger partial charge on any atom is 0.137 e. The lowest BCUT2D eigenvalue weighted by Gasteiger charge is -2.08. The molecule has 0 aliphatic carbocycles. The van der Waals surface area contributed by atoms with Gasteiger partial charge in [-0.05, 0) is 37.0 Å². The third-order valence-corrected chi connectivity index (χ3v) is 3.40. The second-order valence-corrected chi connectivity index (χ2v) is 5.24. The Morgan fingerprint density at radius 1 is 1.10 bits per heavy atom. The van der Waals surface area contributed by atoms with Crippen LogP contribution >= 0.6 is 12.2 Å². The fourth-order valence-electron chi connectivity index (χ4n) is 2.05. The lowest BCUT2D eigenvalue weighted by molar-refractivity contribution is 0.305. The number of benzene rings is 2. The van der Waals surface area contributed by atoms with E-state index in [-0.39, 0.29) is 10.6 Å². The normalized spacial score (nSPS) is 10.3. The molecule has 0 atom stereocenters. The predicted octanol–water partition coefficient (Wildman–Crippen LogP) is 3.86. The van der Waals surface area contributed by atoms with Crippen molar-refractivity contribution in [2.75, 3.05) is 6.61 Å². The zero-order valence-electron chi connectivity index (χ0n) is 11.7. The molecule has 0 bridgehead atoms. The molecular weight excluding hydrogens is 285 g/mol. The van der Waals surface area contributed by atoms with E-state index in [1.165, 1.54) is 11.6 Å². The average Bonchev–Trinajstić information content (AvgIpc) is 2.47. The van der Waals surface area contributed by atoms with Crippen molar-refractivity contribution in [1.82, 2.24) is 0 Å². The largest absolute Gasteiger partial charge is 0.493 e. The number of nitrogens with two attached hydrogens (primary N) is 1. The number of hydrogen-bond donors (Lipinski definition) is 1. The summed E-state index contributed by atoms with van der Waals surface area (Å²) >= 11 is 4.76. The standard InChI is InChI=1S/C17H18FNOS/c18-16-12-14(9-10-15(16)17(19)21)20-11-5-4-8-13-6-2-1-3-7-13/h1-3,6-7,9-10,12H,4-5,8,11H2,(H2,19,21). The Balaban J connectivity index is 1.74. The first kappa shape index (κ1) is 15.4. The van der Waals surface area contributed by atoms with Gasteiger partial charge in [-0.15, -0.1) is 0 Å². The molecule has 0 spiro atoms. The van der Waals surface area contributed by atoms with Crippen molar-refractivity contribution in [3.05, 3.63) is 65.5 Å². The molecule has 0 amide bonds. The molecule has 4 heteroatoms. The second-order valence-electron chi connectivity index (χ2n) is 4.80. The summed E-state index contributed by atoms with van der Waals surface area (Å²) in [7, 11) is 0. The molecule has 0 unspecified atom stereocenters. The molecular formula is C17H18FNOS. The van der Waals surface area contributed by atoms with Gasteiger partial charge in [-0.1, -0.05) is 42.5 Å². The average molecular weight is 303 g/mol. The molecule has 2 N–H and O–H groups in total. The fraction of sp³-hybridized carbons (Fsp3) is 0.235. The van der Waals surface area contributed by atoms with Crippen molar-refractivity contribution in [3.63, 3.8) is 0 Å². The minimum Gasteiger partial charge on any atom is -0.493 e. The van der Waals surface area contributed by atoms with Crippen LogP contribution in [0.5, 0.6) is 5.75 Å². The summed E-state index contributed by atoms with van der Waals surface area (Å²) in [5, 5.41) is 0. The lowest BCUT2D eigenvalue weighted by Crippen LogP contribution is -2.11. The van der Waals surface area contributed by atoms with Crippen LogP contribution in [0.2, 0.25) is 0 Å². The first-order valence-electron chi connectivity index (χ1n) is 6.93. The Labute approximate surface area is 129 Å². The summed E-state index contributed by atoms with van der Waals surface area (Å²) < 4.78 is 19.2. The van der Waals surface area contributed by atoms with Crippen molar-refractivity contribution in [2.24, 2.45) is 5.73 Å². The second kappa shape index (κ2) is 7.74. The summed E-state index contributed by atoms with van der Waals surface area (Å²) in [6.45, 7) is 0.568. The van der Waals surface area contributed by atoms with Gasteiger partial charge >= 0.3 is 0 Å². The zero-order valence-corrected chi connectivity index (χ0v) is 12.5. The van der Waals surface area contributed by atoms with E-state index in [9.17, 15) is 4.39 Å². The van der Waals surface area contributed by atoms with Gasteiger partial charge in [0.05, 0.1) is 6.61 Å². The van der Waals surface area contributed by atoms with Gasteiger partial charge in [0, 0.05) is 11.6 Å². The number of halogens is 1. The number of hydrogen-bond acceptors (Lipinski definition) is 2. The predicted molar refractivity (Wildman–Crippen MR) is 87.2 cm³/mol. The molecule has 0 saturated carbocycles.